The third-order valence-electron chi connectivity index (χ3n) is 4.65. The minimum absolute atomic E-state index is 0.503. The predicted octanol–water partition coefficient (Wildman–Crippen LogP) is 4.53. The third kappa shape index (κ3) is 7.12. The van der Waals surface area contributed by atoms with Gasteiger partial charge >= 0.3 is 0 Å². The van der Waals surface area contributed by atoms with Crippen molar-refractivity contribution in [2.45, 2.75) is 96.2 Å². The molecule has 2 rings (SSSR count). The molecule has 0 radical (unpaired) electrons. The predicted molar refractivity (Wildman–Crippen MR) is 89.4 cm³/mol. The van der Waals surface area contributed by atoms with Crippen molar-refractivity contribution in [3.63, 3.8) is 0 Å². The Morgan fingerprint density at radius 3 is 2.10 bits per heavy atom. The fraction of sp³-hybridized carbons (Fsp3) is 0.833. The maximum Gasteiger partial charge on any atom is 0.0560 e. The van der Waals surface area contributed by atoms with Crippen LogP contribution in [0.3, 0.4) is 0 Å². The van der Waals surface area contributed by atoms with Crippen LogP contribution in [-0.2, 0) is 6.54 Å². The molecule has 21 heavy (non-hydrogen) atoms. The van der Waals surface area contributed by atoms with E-state index in [-0.39, 0.29) is 0 Å². The van der Waals surface area contributed by atoms with Crippen LogP contribution in [0.25, 0.3) is 0 Å². The first-order valence-corrected chi connectivity index (χ1v) is 9.08. The molecule has 1 saturated carbocycles. The van der Waals surface area contributed by atoms with E-state index < -0.39 is 0 Å². The van der Waals surface area contributed by atoms with E-state index in [0.29, 0.717) is 12.1 Å². The molecule has 1 aromatic heterocycles. The largest absolute Gasteiger partial charge is 0.310 e. The second kappa shape index (κ2) is 9.99. The van der Waals surface area contributed by atoms with Crippen molar-refractivity contribution in [3.05, 3.63) is 18.5 Å². The zero-order valence-corrected chi connectivity index (χ0v) is 13.8. The lowest BCUT2D eigenvalue weighted by molar-refractivity contribution is 0.345. The molecular formula is C18H33N3. The summed E-state index contributed by atoms with van der Waals surface area (Å²) >= 11 is 0. The highest BCUT2D eigenvalue weighted by Crippen LogP contribution is 2.17. The molecule has 1 aliphatic carbocycles. The minimum atomic E-state index is 0.503. The second-order valence-electron chi connectivity index (χ2n) is 6.75. The summed E-state index contributed by atoms with van der Waals surface area (Å²) in [5.41, 5.74) is 0. The molecule has 0 spiro atoms. The van der Waals surface area contributed by atoms with Crippen LogP contribution in [0.5, 0.6) is 0 Å². The van der Waals surface area contributed by atoms with E-state index in [0.717, 1.165) is 6.54 Å². The van der Waals surface area contributed by atoms with Crippen LogP contribution < -0.4 is 5.32 Å². The fourth-order valence-corrected chi connectivity index (χ4v) is 3.47. The molecule has 120 valence electrons. The highest BCUT2D eigenvalue weighted by molar-refractivity contribution is 4.80. The molecule has 0 saturated heterocycles. The van der Waals surface area contributed by atoms with Crippen LogP contribution in [0.4, 0.5) is 0 Å². The van der Waals surface area contributed by atoms with Gasteiger partial charge < -0.3 is 5.32 Å². The van der Waals surface area contributed by atoms with Crippen LogP contribution in [0.1, 0.15) is 77.6 Å². The lowest BCUT2D eigenvalue weighted by Gasteiger charge is -2.24. The summed E-state index contributed by atoms with van der Waals surface area (Å²) in [6, 6.07) is 3.21. The Hall–Kier alpha value is -0.830. The van der Waals surface area contributed by atoms with E-state index >= 15 is 0 Å². The topological polar surface area (TPSA) is 29.9 Å². The van der Waals surface area contributed by atoms with E-state index in [4.69, 9.17) is 0 Å². The molecule has 1 unspecified atom stereocenters. The van der Waals surface area contributed by atoms with Gasteiger partial charge in [-0.05, 0) is 25.8 Å². The Labute approximate surface area is 130 Å². The van der Waals surface area contributed by atoms with Gasteiger partial charge in [0.2, 0.25) is 0 Å². The monoisotopic (exact) mass is 291 g/mol. The smallest absolute Gasteiger partial charge is 0.0560 e. The summed E-state index contributed by atoms with van der Waals surface area (Å²) in [6.07, 6.45) is 19.5. The van der Waals surface area contributed by atoms with Crippen LogP contribution in [0, 0.1) is 0 Å². The number of hydrogen-bond donors (Lipinski definition) is 1. The van der Waals surface area contributed by atoms with Gasteiger partial charge in [-0.2, -0.15) is 5.10 Å². The molecule has 3 nitrogen and oxygen atoms in total. The average Bonchev–Trinajstić information content (AvgIpc) is 2.94. The Morgan fingerprint density at radius 2 is 1.57 bits per heavy atom. The molecule has 0 aliphatic heterocycles. The summed E-state index contributed by atoms with van der Waals surface area (Å²) in [5.74, 6) is 0. The van der Waals surface area contributed by atoms with E-state index in [9.17, 15) is 0 Å². The third-order valence-corrected chi connectivity index (χ3v) is 4.65. The fourth-order valence-electron chi connectivity index (χ4n) is 3.47. The average molecular weight is 291 g/mol. The Balaban J connectivity index is 1.74. The zero-order valence-electron chi connectivity index (χ0n) is 13.8. The summed E-state index contributed by atoms with van der Waals surface area (Å²) < 4.78 is 2.03. The van der Waals surface area contributed by atoms with Crippen molar-refractivity contribution < 1.29 is 0 Å². The van der Waals surface area contributed by atoms with Crippen molar-refractivity contribution >= 4 is 0 Å². The van der Waals surface area contributed by atoms with Gasteiger partial charge in [-0.1, -0.05) is 57.8 Å². The second-order valence-corrected chi connectivity index (χ2v) is 6.75. The zero-order chi connectivity index (χ0) is 14.8. The highest BCUT2D eigenvalue weighted by Gasteiger charge is 2.13. The first-order chi connectivity index (χ1) is 10.3. The van der Waals surface area contributed by atoms with Gasteiger partial charge in [-0.25, -0.2) is 0 Å². The SMILES string of the molecule is CC(Cn1cccn1)NC1CCCCCCCCCCC1. The number of rotatable bonds is 4. The Bertz CT molecular complexity index is 335. The van der Waals surface area contributed by atoms with Crippen LogP contribution in [0.2, 0.25) is 0 Å². The summed E-state index contributed by atoms with van der Waals surface area (Å²) in [4.78, 5) is 0. The molecule has 1 fully saturated rings. The first-order valence-electron chi connectivity index (χ1n) is 9.08. The molecule has 3 heteroatoms. The molecular weight excluding hydrogens is 258 g/mol. The lowest BCUT2D eigenvalue weighted by atomic mass is 9.97. The number of nitrogens with one attached hydrogen (secondary N) is 1. The number of aromatic nitrogens is 2. The van der Waals surface area contributed by atoms with Crippen molar-refractivity contribution in [2.75, 3.05) is 0 Å². The molecule has 1 atom stereocenters. The van der Waals surface area contributed by atoms with Crippen molar-refractivity contribution in [2.24, 2.45) is 0 Å². The van der Waals surface area contributed by atoms with Gasteiger partial charge in [0, 0.05) is 24.5 Å². The standard InChI is InChI=1S/C18H33N3/c1-17(16-21-15-11-14-19-21)20-18-12-9-7-5-3-2-4-6-8-10-13-18/h11,14-15,17-18,20H,2-10,12-13,16H2,1H3. The van der Waals surface area contributed by atoms with Crippen LogP contribution in [0.15, 0.2) is 18.5 Å². The Morgan fingerprint density at radius 1 is 1.00 bits per heavy atom. The van der Waals surface area contributed by atoms with E-state index in [2.05, 4.69) is 23.5 Å². The summed E-state index contributed by atoms with van der Waals surface area (Å²) in [7, 11) is 0. The molecule has 1 aromatic rings. The molecule has 0 aromatic carbocycles. The normalized spacial score (nSPS) is 21.4. The van der Waals surface area contributed by atoms with Crippen LogP contribution >= 0.6 is 0 Å². The Kier molecular flexibility index (Phi) is 7.87. The molecule has 1 aliphatic rings. The minimum Gasteiger partial charge on any atom is -0.310 e. The van der Waals surface area contributed by atoms with Crippen molar-refractivity contribution in [1.29, 1.82) is 0 Å². The quantitative estimate of drug-likeness (QED) is 0.883. The van der Waals surface area contributed by atoms with Crippen molar-refractivity contribution in [1.82, 2.24) is 15.1 Å². The van der Waals surface area contributed by atoms with E-state index in [1.807, 2.05) is 16.9 Å². The maximum atomic E-state index is 4.31. The molecule has 0 bridgehead atoms. The first kappa shape index (κ1) is 16.5. The van der Waals surface area contributed by atoms with E-state index in [1.54, 1.807) is 0 Å². The lowest BCUT2D eigenvalue weighted by Crippen LogP contribution is -2.39. The van der Waals surface area contributed by atoms with Gasteiger partial charge in [0.25, 0.3) is 0 Å². The summed E-state index contributed by atoms with van der Waals surface area (Å²) in [5, 5.41) is 8.16. The van der Waals surface area contributed by atoms with Crippen molar-refractivity contribution in [3.8, 4) is 0 Å². The summed E-state index contributed by atoms with van der Waals surface area (Å²) in [6.45, 7) is 3.27. The molecule has 1 heterocycles. The number of hydrogen-bond acceptors (Lipinski definition) is 2. The van der Waals surface area contributed by atoms with Crippen LogP contribution in [-0.4, -0.2) is 21.9 Å². The van der Waals surface area contributed by atoms with Gasteiger partial charge in [0.15, 0.2) is 0 Å². The molecule has 0 amide bonds. The molecule has 1 N–H and O–H groups in total. The van der Waals surface area contributed by atoms with E-state index in [1.165, 1.54) is 70.6 Å². The van der Waals surface area contributed by atoms with Gasteiger partial charge in [0.1, 0.15) is 0 Å². The number of nitrogens with zero attached hydrogens (tertiary/aromatic N) is 2. The maximum absolute atomic E-state index is 4.31. The highest BCUT2D eigenvalue weighted by atomic mass is 15.3. The van der Waals surface area contributed by atoms with Gasteiger partial charge in [0.05, 0.1) is 6.54 Å². The van der Waals surface area contributed by atoms with Gasteiger partial charge in [-0.3, -0.25) is 4.68 Å². The van der Waals surface area contributed by atoms with Gasteiger partial charge in [-0.15, -0.1) is 0 Å².